The molecule has 4 amide bonds. The Hall–Kier alpha value is -6.90. The van der Waals surface area contributed by atoms with Crippen molar-refractivity contribution in [2.24, 2.45) is 14.1 Å². The Labute approximate surface area is 311 Å². The lowest BCUT2D eigenvalue weighted by Gasteiger charge is -2.22. The molecule has 14 heteroatoms. The fourth-order valence-corrected chi connectivity index (χ4v) is 5.87. The van der Waals surface area contributed by atoms with Crippen molar-refractivity contribution in [1.29, 1.82) is 0 Å². The minimum atomic E-state index is -1.05. The van der Waals surface area contributed by atoms with Crippen LogP contribution in [-0.2, 0) is 46.4 Å². The van der Waals surface area contributed by atoms with E-state index in [-0.39, 0.29) is 11.4 Å². The van der Waals surface area contributed by atoms with Gasteiger partial charge in [-0.15, -0.1) is 10.1 Å². The van der Waals surface area contributed by atoms with Gasteiger partial charge < -0.3 is 40.1 Å². The van der Waals surface area contributed by atoms with Gasteiger partial charge in [0.1, 0.15) is 0 Å². The number of aromatic nitrogens is 2. The number of nitrogens with zero attached hydrogens (tertiary/aromatic N) is 4. The Morgan fingerprint density at radius 3 is 1.43 bits per heavy atom. The number of hydrogen-bond donors (Lipinski definition) is 4. The summed E-state index contributed by atoms with van der Waals surface area (Å²) in [5.41, 5.74) is 5.15. The van der Waals surface area contributed by atoms with Crippen molar-refractivity contribution in [3.8, 4) is 0 Å². The van der Waals surface area contributed by atoms with Gasteiger partial charge in [0.25, 0.3) is 0 Å². The zero-order chi connectivity index (χ0) is 38.2. The summed E-state index contributed by atoms with van der Waals surface area (Å²) in [5, 5.41) is 14.9. The molecular weight excluding hydrogens is 688 g/mol. The van der Waals surface area contributed by atoms with Crippen LogP contribution in [0.25, 0.3) is 21.8 Å². The van der Waals surface area contributed by atoms with Crippen molar-refractivity contribution in [3.63, 3.8) is 0 Å². The van der Waals surface area contributed by atoms with Crippen LogP contribution in [0.5, 0.6) is 0 Å². The fraction of sp³-hybridized carbons (Fsp3) is 0.150. The van der Waals surface area contributed by atoms with Crippen molar-refractivity contribution in [1.82, 2.24) is 19.8 Å². The van der Waals surface area contributed by atoms with E-state index in [9.17, 15) is 19.2 Å². The number of nitrogens with one attached hydrogen (secondary N) is 4. The van der Waals surface area contributed by atoms with Crippen LogP contribution in [-0.4, -0.2) is 47.2 Å². The molecule has 0 radical (unpaired) electrons. The number of hydroxylamine groups is 2. The minimum Gasteiger partial charge on any atom is -0.351 e. The molecule has 0 fully saturated rings. The van der Waals surface area contributed by atoms with Gasteiger partial charge >= 0.3 is 24.0 Å². The molecule has 54 heavy (non-hydrogen) atoms. The molecular formula is C40H40N8O6. The molecule has 6 rings (SSSR count). The summed E-state index contributed by atoms with van der Waals surface area (Å²) in [5.74, 6) is -2.11. The molecule has 2 heterocycles. The first-order chi connectivity index (χ1) is 26.1. The maximum Gasteiger partial charge on any atom is 0.359 e. The molecule has 276 valence electrons. The van der Waals surface area contributed by atoms with Crippen LogP contribution in [0.15, 0.2) is 122 Å². The number of rotatable bonds is 10. The van der Waals surface area contributed by atoms with E-state index in [1.54, 1.807) is 72.8 Å². The molecule has 4 N–H and O–H groups in total. The van der Waals surface area contributed by atoms with Gasteiger partial charge in [0.2, 0.25) is 0 Å². The molecule has 0 aliphatic heterocycles. The predicted molar refractivity (Wildman–Crippen MR) is 209 cm³/mol. The number of hydrogen-bond acceptors (Lipinski definition) is 8. The summed E-state index contributed by atoms with van der Waals surface area (Å²) in [6.45, 7) is 1.16. The quantitative estimate of drug-likeness (QED) is 0.0941. The first kappa shape index (κ1) is 36.9. The third kappa shape index (κ3) is 8.75. The monoisotopic (exact) mass is 728 g/mol. The van der Waals surface area contributed by atoms with Crippen LogP contribution in [0.3, 0.4) is 0 Å². The first-order valence-corrected chi connectivity index (χ1v) is 17.0. The van der Waals surface area contributed by atoms with Gasteiger partial charge in [0.15, 0.2) is 0 Å². The lowest BCUT2D eigenvalue weighted by molar-refractivity contribution is -0.140. The molecule has 0 bridgehead atoms. The summed E-state index contributed by atoms with van der Waals surface area (Å²) in [6.07, 6.45) is 5.37. The summed E-state index contributed by atoms with van der Waals surface area (Å²) in [7, 11) is 7.41. The second-order valence-corrected chi connectivity index (χ2v) is 12.4. The topological polar surface area (TPSA) is 151 Å². The third-order valence-corrected chi connectivity index (χ3v) is 8.41. The first-order valence-electron chi connectivity index (χ1n) is 17.0. The molecule has 0 atom stereocenters. The van der Waals surface area contributed by atoms with Crippen molar-refractivity contribution in [2.75, 3.05) is 34.9 Å². The summed E-state index contributed by atoms with van der Waals surface area (Å²) in [4.78, 5) is 64.7. The maximum atomic E-state index is 13.6. The van der Waals surface area contributed by atoms with E-state index >= 15 is 0 Å². The highest BCUT2D eigenvalue weighted by molar-refractivity contribution is 6.05. The van der Waals surface area contributed by atoms with Crippen molar-refractivity contribution >= 4 is 68.6 Å². The number of benzene rings is 4. The van der Waals surface area contributed by atoms with E-state index in [1.165, 1.54) is 0 Å². The molecule has 14 nitrogen and oxygen atoms in total. The summed E-state index contributed by atoms with van der Waals surface area (Å²) in [6, 6.07) is 26.9. The number of carbonyl (C=O) groups is 4. The molecule has 4 aromatic carbocycles. The molecule has 0 saturated carbocycles. The standard InChI is InChI=1S/C40H40N8O6/c1-41-25-27-7-5-9-31(21-27)43-39(51)47(33-11-13-35-29(23-33)17-19-45(35)3)53-37(49)15-16-38(50)54-48(34-12-14-36-30(24-34)18-20-46(36)4)40(52)44-32-10-6-8-28(22-32)26-42-2/h5-24,41-42H,25-26H2,1-4H3,(H,43,51)(H,44,52)/b16-15-. The second kappa shape index (κ2) is 16.6. The zero-order valence-electron chi connectivity index (χ0n) is 30.2. The van der Waals surface area contributed by atoms with E-state index in [4.69, 9.17) is 9.68 Å². The largest absolute Gasteiger partial charge is 0.359 e. The lowest BCUT2D eigenvalue weighted by atomic mass is 10.2. The van der Waals surface area contributed by atoms with E-state index in [0.29, 0.717) is 24.5 Å². The molecule has 6 aromatic rings. The predicted octanol–water partition coefficient (Wildman–Crippen LogP) is 6.36. The Bertz CT molecular complexity index is 2200. The van der Waals surface area contributed by atoms with Gasteiger partial charge in [0.05, 0.1) is 11.4 Å². The number of fused-ring (bicyclic) bond motifs is 2. The average molecular weight is 729 g/mol. The van der Waals surface area contributed by atoms with E-state index in [1.807, 2.05) is 74.0 Å². The summed E-state index contributed by atoms with van der Waals surface area (Å²) >= 11 is 0. The zero-order valence-corrected chi connectivity index (χ0v) is 30.2. The number of amides is 4. The number of aryl methyl sites for hydroxylation is 2. The SMILES string of the molecule is CNCc1cccc(NC(=O)N(OC(=O)/C=C\C(=O)ON(C(=O)Nc2cccc(CNC)c2)c2ccc3c(ccn3C)c2)c2ccc3c(ccn3C)c2)c1. The van der Waals surface area contributed by atoms with Gasteiger partial charge in [-0.1, -0.05) is 24.3 Å². The van der Waals surface area contributed by atoms with E-state index in [2.05, 4.69) is 21.3 Å². The molecule has 0 saturated heterocycles. The fourth-order valence-electron chi connectivity index (χ4n) is 5.87. The molecule has 0 spiro atoms. The van der Waals surface area contributed by atoms with E-state index < -0.39 is 24.0 Å². The third-order valence-electron chi connectivity index (χ3n) is 8.41. The van der Waals surface area contributed by atoms with Crippen molar-refractivity contribution in [3.05, 3.63) is 133 Å². The molecule has 2 aromatic heterocycles. The average Bonchev–Trinajstić information content (AvgIpc) is 3.73. The van der Waals surface area contributed by atoms with Crippen LogP contribution in [0.1, 0.15) is 11.1 Å². The van der Waals surface area contributed by atoms with Crippen LogP contribution >= 0.6 is 0 Å². The van der Waals surface area contributed by atoms with Crippen molar-refractivity contribution < 1.29 is 28.9 Å². The lowest BCUT2D eigenvalue weighted by Crippen LogP contribution is -2.37. The maximum absolute atomic E-state index is 13.6. The van der Waals surface area contributed by atoms with Crippen LogP contribution in [0.4, 0.5) is 32.3 Å². The van der Waals surface area contributed by atoms with Gasteiger partial charge in [-0.05, 0) is 98.0 Å². The Balaban J connectivity index is 1.21. The van der Waals surface area contributed by atoms with Gasteiger partial charge in [-0.25, -0.2) is 19.2 Å². The second-order valence-electron chi connectivity index (χ2n) is 12.4. The molecule has 0 aliphatic carbocycles. The number of carbonyl (C=O) groups excluding carboxylic acids is 4. The number of anilines is 4. The molecule has 0 unspecified atom stereocenters. The van der Waals surface area contributed by atoms with Gasteiger partial charge in [-0.3, -0.25) is 0 Å². The smallest absolute Gasteiger partial charge is 0.351 e. The Morgan fingerprint density at radius 2 is 1.02 bits per heavy atom. The highest BCUT2D eigenvalue weighted by Crippen LogP contribution is 2.26. The minimum absolute atomic E-state index is 0.264. The van der Waals surface area contributed by atoms with Gasteiger partial charge in [0, 0.05) is 84.9 Å². The highest BCUT2D eigenvalue weighted by atomic mass is 16.7. The molecule has 0 aliphatic rings. The van der Waals surface area contributed by atoms with Crippen LogP contribution < -0.4 is 31.4 Å². The Morgan fingerprint density at radius 1 is 0.593 bits per heavy atom. The van der Waals surface area contributed by atoms with Gasteiger partial charge in [-0.2, -0.15) is 0 Å². The van der Waals surface area contributed by atoms with Crippen molar-refractivity contribution in [2.45, 2.75) is 13.1 Å². The summed E-state index contributed by atoms with van der Waals surface area (Å²) < 4.78 is 3.83. The van der Waals surface area contributed by atoms with Crippen LogP contribution in [0, 0.1) is 0 Å². The Kier molecular flexibility index (Phi) is 11.4. The van der Waals surface area contributed by atoms with E-state index in [0.717, 1.165) is 55.2 Å². The number of urea groups is 2. The highest BCUT2D eigenvalue weighted by Gasteiger charge is 2.24. The normalized spacial score (nSPS) is 11.1. The van der Waals surface area contributed by atoms with Crippen LogP contribution in [0.2, 0.25) is 0 Å².